The second kappa shape index (κ2) is 7.85. The van der Waals surface area contributed by atoms with E-state index in [0.717, 1.165) is 28.0 Å². The molecule has 0 atom stereocenters. The molecule has 0 radical (unpaired) electrons. The molecule has 0 bridgehead atoms. The lowest BCUT2D eigenvalue weighted by Gasteiger charge is -2.16. The fraction of sp³-hybridized carbons (Fsp3) is 0.222. The van der Waals surface area contributed by atoms with Crippen LogP contribution in [0, 0.1) is 0 Å². The predicted molar refractivity (Wildman–Crippen MR) is 102 cm³/mol. The van der Waals surface area contributed by atoms with Crippen LogP contribution in [0.5, 0.6) is 0 Å². The number of hydrogen-bond donors (Lipinski definition) is 1. The second-order valence-electron chi connectivity index (χ2n) is 5.49. The lowest BCUT2D eigenvalue weighted by Crippen LogP contribution is -2.23. The Bertz CT molecular complexity index is 749. The summed E-state index contributed by atoms with van der Waals surface area (Å²) < 4.78 is 1.02. The van der Waals surface area contributed by atoms with E-state index in [1.165, 1.54) is 11.8 Å². The summed E-state index contributed by atoms with van der Waals surface area (Å²) in [6.07, 6.45) is 1.49. The summed E-state index contributed by atoms with van der Waals surface area (Å²) in [5.74, 6) is 0.422. The van der Waals surface area contributed by atoms with Crippen LogP contribution in [0.2, 0.25) is 0 Å². The molecule has 6 heteroatoms. The van der Waals surface area contributed by atoms with Gasteiger partial charge in [-0.25, -0.2) is 0 Å². The van der Waals surface area contributed by atoms with Gasteiger partial charge in [-0.05, 0) is 48.9 Å². The van der Waals surface area contributed by atoms with Crippen molar-refractivity contribution in [3.05, 3.63) is 53.0 Å². The monoisotopic (exact) mass is 404 g/mol. The van der Waals surface area contributed by atoms with Crippen LogP contribution >= 0.6 is 27.7 Å². The number of nitrogens with one attached hydrogen (secondary N) is 1. The third-order valence-electron chi connectivity index (χ3n) is 3.70. The van der Waals surface area contributed by atoms with E-state index in [1.807, 2.05) is 48.5 Å². The van der Waals surface area contributed by atoms with Gasteiger partial charge in [0, 0.05) is 33.7 Å². The van der Waals surface area contributed by atoms with Crippen LogP contribution in [-0.2, 0) is 9.59 Å². The van der Waals surface area contributed by atoms with Gasteiger partial charge in [0.2, 0.25) is 11.8 Å². The van der Waals surface area contributed by atoms with Gasteiger partial charge in [-0.3, -0.25) is 9.59 Å². The molecule has 1 aliphatic rings. The molecular formula is C18H17BrN2O2S. The van der Waals surface area contributed by atoms with E-state index in [1.54, 1.807) is 4.90 Å². The second-order valence-corrected chi connectivity index (χ2v) is 7.45. The molecule has 1 saturated heterocycles. The fourth-order valence-corrected chi connectivity index (χ4v) is 3.51. The van der Waals surface area contributed by atoms with Gasteiger partial charge in [-0.2, -0.15) is 0 Å². The molecule has 1 aliphatic heterocycles. The number of carbonyl (C=O) groups excluding carboxylic acids is 2. The third kappa shape index (κ3) is 4.39. The highest BCUT2D eigenvalue weighted by molar-refractivity contribution is 9.10. The van der Waals surface area contributed by atoms with Crippen molar-refractivity contribution in [2.24, 2.45) is 0 Å². The van der Waals surface area contributed by atoms with Crippen molar-refractivity contribution in [3.63, 3.8) is 0 Å². The summed E-state index contributed by atoms with van der Waals surface area (Å²) >= 11 is 4.88. The summed E-state index contributed by atoms with van der Waals surface area (Å²) in [5.41, 5.74) is 1.56. The Kier molecular flexibility index (Phi) is 5.58. The molecule has 1 N–H and O–H groups in total. The Morgan fingerprint density at radius 3 is 2.71 bits per heavy atom. The summed E-state index contributed by atoms with van der Waals surface area (Å²) in [6.45, 7) is 0.746. The van der Waals surface area contributed by atoms with E-state index in [9.17, 15) is 9.59 Å². The molecule has 24 heavy (non-hydrogen) atoms. The van der Waals surface area contributed by atoms with Gasteiger partial charge in [0.15, 0.2) is 0 Å². The molecule has 0 aromatic heterocycles. The number of nitrogens with zero attached hydrogens (tertiary/aromatic N) is 1. The smallest absolute Gasteiger partial charge is 0.234 e. The fourth-order valence-electron chi connectivity index (χ4n) is 2.55. The van der Waals surface area contributed by atoms with E-state index in [0.29, 0.717) is 17.9 Å². The first kappa shape index (κ1) is 17.0. The number of carbonyl (C=O) groups is 2. The normalized spacial score (nSPS) is 14.0. The molecule has 1 fully saturated rings. The summed E-state index contributed by atoms with van der Waals surface area (Å²) in [7, 11) is 0. The number of benzene rings is 2. The van der Waals surface area contributed by atoms with Crippen molar-refractivity contribution in [2.45, 2.75) is 17.7 Å². The SMILES string of the molecule is O=C(CSc1ccc(Br)cc1)Nc1cccc(N2CCCC2=O)c1. The van der Waals surface area contributed by atoms with Crippen LogP contribution in [0.15, 0.2) is 57.9 Å². The van der Waals surface area contributed by atoms with Crippen molar-refractivity contribution in [1.82, 2.24) is 0 Å². The lowest BCUT2D eigenvalue weighted by molar-refractivity contribution is -0.117. The molecule has 3 rings (SSSR count). The quantitative estimate of drug-likeness (QED) is 0.755. The van der Waals surface area contributed by atoms with Gasteiger partial charge in [0.25, 0.3) is 0 Å². The van der Waals surface area contributed by atoms with Gasteiger partial charge in [-0.1, -0.05) is 22.0 Å². The van der Waals surface area contributed by atoms with Gasteiger partial charge >= 0.3 is 0 Å². The molecule has 0 aliphatic carbocycles. The number of halogens is 1. The molecule has 124 valence electrons. The van der Waals surface area contributed by atoms with Crippen molar-refractivity contribution in [3.8, 4) is 0 Å². The Morgan fingerprint density at radius 2 is 2.00 bits per heavy atom. The van der Waals surface area contributed by atoms with E-state index in [2.05, 4.69) is 21.2 Å². The first-order chi connectivity index (χ1) is 11.6. The molecule has 0 unspecified atom stereocenters. The number of thioether (sulfide) groups is 1. The van der Waals surface area contributed by atoms with Gasteiger partial charge in [0.05, 0.1) is 5.75 Å². The van der Waals surface area contributed by atoms with Crippen LogP contribution in [0.4, 0.5) is 11.4 Å². The molecule has 0 saturated carbocycles. The van der Waals surface area contributed by atoms with E-state index in [-0.39, 0.29) is 11.8 Å². The Hall–Kier alpha value is -1.79. The van der Waals surface area contributed by atoms with E-state index in [4.69, 9.17) is 0 Å². The third-order valence-corrected chi connectivity index (χ3v) is 5.24. The zero-order valence-electron chi connectivity index (χ0n) is 13.0. The van der Waals surface area contributed by atoms with Crippen LogP contribution in [0.1, 0.15) is 12.8 Å². The van der Waals surface area contributed by atoms with Gasteiger partial charge in [-0.15, -0.1) is 11.8 Å². The highest BCUT2D eigenvalue weighted by Crippen LogP contribution is 2.25. The molecule has 0 spiro atoms. The zero-order chi connectivity index (χ0) is 16.9. The maximum atomic E-state index is 12.1. The van der Waals surface area contributed by atoms with E-state index >= 15 is 0 Å². The molecule has 1 heterocycles. The summed E-state index contributed by atoms with van der Waals surface area (Å²) in [4.78, 5) is 26.8. The molecule has 2 aromatic carbocycles. The van der Waals surface area contributed by atoms with Crippen LogP contribution in [0.3, 0.4) is 0 Å². The molecule has 4 nitrogen and oxygen atoms in total. The minimum absolute atomic E-state index is 0.0622. The number of hydrogen-bond acceptors (Lipinski definition) is 3. The van der Waals surface area contributed by atoms with Gasteiger partial charge in [0.1, 0.15) is 0 Å². The Balaban J connectivity index is 1.58. The largest absolute Gasteiger partial charge is 0.325 e. The van der Waals surface area contributed by atoms with Crippen LogP contribution < -0.4 is 10.2 Å². The predicted octanol–water partition coefficient (Wildman–Crippen LogP) is 4.31. The standard InChI is InChI=1S/C18H17BrN2O2S/c19-13-6-8-16(9-7-13)24-12-17(22)20-14-3-1-4-15(11-14)21-10-2-5-18(21)23/h1,3-4,6-9,11H,2,5,10,12H2,(H,20,22). The van der Waals surface area contributed by atoms with Crippen LogP contribution in [-0.4, -0.2) is 24.1 Å². The molecule has 2 amide bonds. The van der Waals surface area contributed by atoms with Crippen molar-refractivity contribution in [1.29, 1.82) is 0 Å². The zero-order valence-corrected chi connectivity index (χ0v) is 15.4. The average molecular weight is 405 g/mol. The minimum atomic E-state index is -0.0622. The highest BCUT2D eigenvalue weighted by Gasteiger charge is 2.21. The first-order valence-corrected chi connectivity index (χ1v) is 9.48. The summed E-state index contributed by atoms with van der Waals surface area (Å²) in [6, 6.07) is 15.3. The topological polar surface area (TPSA) is 49.4 Å². The first-order valence-electron chi connectivity index (χ1n) is 7.70. The van der Waals surface area contributed by atoms with E-state index < -0.39 is 0 Å². The van der Waals surface area contributed by atoms with Crippen molar-refractivity contribution in [2.75, 3.05) is 22.5 Å². The average Bonchev–Trinajstić information content (AvgIpc) is 3.01. The van der Waals surface area contributed by atoms with Crippen molar-refractivity contribution < 1.29 is 9.59 Å². The number of anilines is 2. The highest BCUT2D eigenvalue weighted by atomic mass is 79.9. The lowest BCUT2D eigenvalue weighted by atomic mass is 10.2. The Labute approximate surface area is 153 Å². The Morgan fingerprint density at radius 1 is 1.21 bits per heavy atom. The van der Waals surface area contributed by atoms with Crippen LogP contribution in [0.25, 0.3) is 0 Å². The maximum Gasteiger partial charge on any atom is 0.234 e. The molecule has 2 aromatic rings. The minimum Gasteiger partial charge on any atom is -0.325 e. The number of amides is 2. The number of rotatable bonds is 5. The van der Waals surface area contributed by atoms with Crippen molar-refractivity contribution >= 4 is 50.9 Å². The maximum absolute atomic E-state index is 12.1. The molecular weight excluding hydrogens is 388 g/mol. The summed E-state index contributed by atoms with van der Waals surface area (Å²) in [5, 5.41) is 2.90. The van der Waals surface area contributed by atoms with Gasteiger partial charge < -0.3 is 10.2 Å².